The summed E-state index contributed by atoms with van der Waals surface area (Å²) in [6.07, 6.45) is -2.42. The molecular weight excluding hydrogens is 373 g/mol. The van der Waals surface area contributed by atoms with Crippen molar-refractivity contribution in [3.8, 4) is 11.4 Å². The molecule has 0 spiro atoms. The van der Waals surface area contributed by atoms with Gasteiger partial charge < -0.3 is 10.5 Å². The Bertz CT molecular complexity index is 1060. The highest BCUT2D eigenvalue weighted by molar-refractivity contribution is 7.91. The zero-order valence-corrected chi connectivity index (χ0v) is 14.2. The van der Waals surface area contributed by atoms with Crippen molar-refractivity contribution < 1.29 is 26.3 Å². The van der Waals surface area contributed by atoms with E-state index < -0.39 is 16.2 Å². The van der Waals surface area contributed by atoms with Crippen molar-refractivity contribution in [2.45, 2.75) is 17.8 Å². The van der Waals surface area contributed by atoms with Gasteiger partial charge in [-0.25, -0.2) is 18.1 Å². The van der Waals surface area contributed by atoms with E-state index in [0.29, 0.717) is 11.4 Å². The van der Waals surface area contributed by atoms with Gasteiger partial charge in [-0.1, -0.05) is 0 Å². The fourth-order valence-corrected chi connectivity index (χ4v) is 3.39. The van der Waals surface area contributed by atoms with Crippen LogP contribution in [0.1, 0.15) is 5.69 Å². The van der Waals surface area contributed by atoms with Crippen LogP contribution in [0.2, 0.25) is 0 Å². The molecular formula is C15H13F3N4O3S. The predicted molar refractivity (Wildman–Crippen MR) is 86.5 cm³/mol. The highest BCUT2D eigenvalue weighted by Gasteiger charge is 2.31. The van der Waals surface area contributed by atoms with Crippen LogP contribution in [0, 0.1) is 0 Å². The third kappa shape index (κ3) is 3.48. The minimum absolute atomic E-state index is 0.0335. The third-order valence-electron chi connectivity index (χ3n) is 3.51. The van der Waals surface area contributed by atoms with E-state index in [0.717, 1.165) is 18.4 Å². The van der Waals surface area contributed by atoms with E-state index in [2.05, 4.69) is 14.8 Å². The maximum Gasteiger partial charge on any atom is 0.573 e. The maximum atomic E-state index is 12.3. The van der Waals surface area contributed by atoms with Crippen molar-refractivity contribution in [1.29, 1.82) is 0 Å². The molecule has 2 heterocycles. The highest BCUT2D eigenvalue weighted by atomic mass is 32.2. The van der Waals surface area contributed by atoms with Crippen molar-refractivity contribution >= 4 is 20.9 Å². The molecule has 0 amide bonds. The summed E-state index contributed by atoms with van der Waals surface area (Å²) in [5.41, 5.74) is 6.59. The average molecular weight is 386 g/mol. The molecule has 0 saturated heterocycles. The van der Waals surface area contributed by atoms with Crippen LogP contribution in [0.5, 0.6) is 5.75 Å². The first-order valence-electron chi connectivity index (χ1n) is 7.23. The minimum Gasteiger partial charge on any atom is -0.406 e. The van der Waals surface area contributed by atoms with Crippen LogP contribution in [-0.4, -0.2) is 35.8 Å². The molecule has 26 heavy (non-hydrogen) atoms. The zero-order chi connectivity index (χ0) is 19.1. The first-order valence-corrected chi connectivity index (χ1v) is 9.12. The molecule has 0 fully saturated rings. The monoisotopic (exact) mass is 386 g/mol. The first kappa shape index (κ1) is 18.1. The van der Waals surface area contributed by atoms with E-state index in [9.17, 15) is 21.6 Å². The summed E-state index contributed by atoms with van der Waals surface area (Å²) < 4.78 is 65.9. The number of rotatable bonds is 4. The lowest BCUT2D eigenvalue weighted by Gasteiger charge is -2.09. The molecule has 11 heteroatoms. The second-order valence-electron chi connectivity index (χ2n) is 5.38. The number of benzene rings is 1. The van der Waals surface area contributed by atoms with Crippen molar-refractivity contribution in [1.82, 2.24) is 14.8 Å². The Balaban J connectivity index is 2.15. The first-order chi connectivity index (χ1) is 12.1. The predicted octanol–water partition coefficient (Wildman–Crippen LogP) is 2.18. The highest BCUT2D eigenvalue weighted by Crippen LogP contribution is 2.28. The molecule has 1 aromatic carbocycles. The molecule has 0 aliphatic rings. The molecule has 0 aliphatic carbocycles. The Morgan fingerprint density at radius 2 is 1.85 bits per heavy atom. The number of fused-ring (bicyclic) bond motifs is 1. The largest absolute Gasteiger partial charge is 0.573 e. The van der Waals surface area contributed by atoms with E-state index in [1.807, 2.05) is 0 Å². The lowest BCUT2D eigenvalue weighted by molar-refractivity contribution is -0.274. The molecule has 7 nitrogen and oxygen atoms in total. The lowest BCUT2D eigenvalue weighted by Crippen LogP contribution is -2.17. The fraction of sp³-hybridized carbons (Fsp3) is 0.200. The van der Waals surface area contributed by atoms with Crippen molar-refractivity contribution in [2.75, 3.05) is 6.26 Å². The van der Waals surface area contributed by atoms with Gasteiger partial charge in [0, 0.05) is 19.0 Å². The summed E-state index contributed by atoms with van der Waals surface area (Å²) in [7, 11) is -3.55. The number of alkyl halides is 3. The SMILES string of the molecule is CS(=O)(=O)c1ccnc2c1c(CN)nn2-c1ccc(OC(F)(F)F)cc1. The van der Waals surface area contributed by atoms with Crippen LogP contribution in [0.3, 0.4) is 0 Å². The number of aromatic nitrogens is 3. The number of sulfone groups is 1. The average Bonchev–Trinajstić information content (AvgIpc) is 2.92. The summed E-state index contributed by atoms with van der Waals surface area (Å²) in [6, 6.07) is 6.30. The molecule has 2 aromatic heterocycles. The van der Waals surface area contributed by atoms with E-state index in [1.54, 1.807) is 0 Å². The summed E-state index contributed by atoms with van der Waals surface area (Å²) in [4.78, 5) is 4.18. The van der Waals surface area contributed by atoms with Gasteiger partial charge in [-0.15, -0.1) is 13.2 Å². The van der Waals surface area contributed by atoms with Gasteiger partial charge in [-0.3, -0.25) is 0 Å². The van der Waals surface area contributed by atoms with Crippen molar-refractivity contribution in [3.63, 3.8) is 0 Å². The molecule has 138 valence electrons. The summed E-state index contributed by atoms with van der Waals surface area (Å²) >= 11 is 0. The van der Waals surface area contributed by atoms with Gasteiger partial charge in [0.25, 0.3) is 0 Å². The number of halogens is 3. The smallest absolute Gasteiger partial charge is 0.406 e. The number of pyridine rings is 1. The third-order valence-corrected chi connectivity index (χ3v) is 4.65. The second-order valence-corrected chi connectivity index (χ2v) is 7.37. The van der Waals surface area contributed by atoms with Gasteiger partial charge in [0.15, 0.2) is 15.5 Å². The fourth-order valence-electron chi connectivity index (χ4n) is 2.50. The molecule has 0 radical (unpaired) electrons. The van der Waals surface area contributed by atoms with Crippen molar-refractivity contribution in [2.24, 2.45) is 5.73 Å². The molecule has 3 rings (SSSR count). The Morgan fingerprint density at radius 3 is 2.38 bits per heavy atom. The van der Waals surface area contributed by atoms with Crippen LogP contribution >= 0.6 is 0 Å². The van der Waals surface area contributed by atoms with E-state index in [-0.39, 0.29) is 28.2 Å². The number of hydrogen-bond acceptors (Lipinski definition) is 6. The molecule has 0 bridgehead atoms. The van der Waals surface area contributed by atoms with Gasteiger partial charge in [-0.2, -0.15) is 5.10 Å². The number of ether oxygens (including phenoxy) is 1. The molecule has 0 atom stereocenters. The van der Waals surface area contributed by atoms with Crippen LogP contribution in [0.25, 0.3) is 16.7 Å². The van der Waals surface area contributed by atoms with E-state index in [4.69, 9.17) is 5.73 Å². The Kier molecular flexibility index (Phi) is 4.36. The molecule has 3 aromatic rings. The topological polar surface area (TPSA) is 100 Å². The molecule has 0 saturated carbocycles. The second kappa shape index (κ2) is 6.25. The molecule has 0 unspecified atom stereocenters. The van der Waals surface area contributed by atoms with Gasteiger partial charge in [0.05, 0.1) is 21.7 Å². The lowest BCUT2D eigenvalue weighted by atomic mass is 10.2. The van der Waals surface area contributed by atoms with Gasteiger partial charge in [0.2, 0.25) is 0 Å². The van der Waals surface area contributed by atoms with Gasteiger partial charge in [-0.05, 0) is 30.3 Å². The Labute approximate surface area is 146 Å². The number of nitrogens with two attached hydrogens (primary N) is 1. The van der Waals surface area contributed by atoms with Crippen molar-refractivity contribution in [3.05, 3.63) is 42.2 Å². The van der Waals surface area contributed by atoms with Crippen LogP contribution in [0.4, 0.5) is 13.2 Å². The van der Waals surface area contributed by atoms with Gasteiger partial charge in [0.1, 0.15) is 5.75 Å². The van der Waals surface area contributed by atoms with Gasteiger partial charge >= 0.3 is 6.36 Å². The molecule has 2 N–H and O–H groups in total. The zero-order valence-electron chi connectivity index (χ0n) is 13.4. The number of hydrogen-bond donors (Lipinski definition) is 1. The summed E-state index contributed by atoms with van der Waals surface area (Å²) in [5.74, 6) is -0.387. The van der Waals surface area contributed by atoms with Crippen LogP contribution < -0.4 is 10.5 Å². The normalized spacial score (nSPS) is 12.5. The summed E-state index contributed by atoms with van der Waals surface area (Å²) in [5, 5.41) is 4.54. The van der Waals surface area contributed by atoms with Crippen LogP contribution in [-0.2, 0) is 16.4 Å². The van der Waals surface area contributed by atoms with E-state index >= 15 is 0 Å². The summed E-state index contributed by atoms with van der Waals surface area (Å²) in [6.45, 7) is -0.0347. The molecule has 0 aliphatic heterocycles. The minimum atomic E-state index is -4.79. The standard InChI is InChI=1S/C15H13F3N4O3S/c1-26(23,24)12-6-7-20-14-13(12)11(8-19)21-22(14)9-2-4-10(5-3-9)25-15(16,17)18/h2-7H,8,19H2,1H3. The Hall–Kier alpha value is -2.66. The quantitative estimate of drug-likeness (QED) is 0.738. The van der Waals surface area contributed by atoms with E-state index in [1.165, 1.54) is 29.1 Å². The van der Waals surface area contributed by atoms with Crippen LogP contribution in [0.15, 0.2) is 41.4 Å². The maximum absolute atomic E-state index is 12.3. The number of nitrogens with zero attached hydrogens (tertiary/aromatic N) is 3. The Morgan fingerprint density at radius 1 is 1.19 bits per heavy atom.